The Morgan fingerprint density at radius 1 is 1.00 bits per heavy atom. The number of aromatic amines is 1. The fourth-order valence-electron chi connectivity index (χ4n) is 4.72. The first-order chi connectivity index (χ1) is 14.4. The Labute approximate surface area is 172 Å². The van der Waals surface area contributed by atoms with E-state index in [9.17, 15) is 13.2 Å². The van der Waals surface area contributed by atoms with E-state index in [0.717, 1.165) is 49.4 Å². The number of benzene rings is 2. The van der Waals surface area contributed by atoms with E-state index in [1.807, 2.05) is 6.92 Å². The summed E-state index contributed by atoms with van der Waals surface area (Å²) in [4.78, 5) is 13.8. The lowest BCUT2D eigenvalue weighted by Gasteiger charge is -2.30. The van der Waals surface area contributed by atoms with E-state index in [2.05, 4.69) is 10.1 Å². The number of imidazole rings is 1. The number of H-pyrrole nitrogens is 1. The number of alkyl halides is 3. The molecule has 0 radical (unpaired) electrons. The van der Waals surface area contributed by atoms with Crippen molar-refractivity contribution in [2.45, 2.75) is 57.2 Å². The summed E-state index contributed by atoms with van der Waals surface area (Å²) in [6, 6.07) is 9.16. The molecule has 1 fully saturated rings. The van der Waals surface area contributed by atoms with Gasteiger partial charge in [0.25, 0.3) is 0 Å². The monoisotopic (exact) mass is 413 g/mol. The Balaban J connectivity index is 1.53. The molecule has 5 rings (SSSR count). The van der Waals surface area contributed by atoms with E-state index >= 15 is 0 Å². The highest BCUT2D eigenvalue weighted by atomic mass is 19.4. The van der Waals surface area contributed by atoms with Crippen LogP contribution in [0, 0.1) is 6.92 Å². The van der Waals surface area contributed by atoms with Crippen molar-refractivity contribution >= 4 is 16.7 Å². The lowest BCUT2D eigenvalue weighted by atomic mass is 9.81. The molecule has 2 heterocycles. The zero-order chi connectivity index (χ0) is 20.9. The maximum atomic E-state index is 13.5. The first-order valence-corrected chi connectivity index (χ1v) is 10.3. The molecule has 1 aromatic heterocycles. The molecule has 1 N–H and O–H groups in total. The third-order valence-corrected chi connectivity index (χ3v) is 6.31. The van der Waals surface area contributed by atoms with Crippen molar-refractivity contribution in [1.82, 2.24) is 9.97 Å². The highest BCUT2D eigenvalue weighted by molar-refractivity contribution is 6.01. The Morgan fingerprint density at radius 2 is 1.77 bits per heavy atom. The molecule has 3 aromatic rings. The van der Waals surface area contributed by atoms with Crippen molar-refractivity contribution in [3.8, 4) is 11.1 Å². The molecule has 156 valence electrons. The number of oxime groups is 1. The highest BCUT2D eigenvalue weighted by Gasteiger charge is 2.41. The molecule has 30 heavy (non-hydrogen) atoms. The zero-order valence-corrected chi connectivity index (χ0v) is 16.6. The van der Waals surface area contributed by atoms with Gasteiger partial charge in [0.1, 0.15) is 11.3 Å². The van der Waals surface area contributed by atoms with Gasteiger partial charge in [-0.3, -0.25) is 0 Å². The van der Waals surface area contributed by atoms with Crippen LogP contribution < -0.4 is 0 Å². The van der Waals surface area contributed by atoms with Gasteiger partial charge in [-0.1, -0.05) is 35.8 Å². The van der Waals surface area contributed by atoms with Gasteiger partial charge < -0.3 is 9.82 Å². The quantitative estimate of drug-likeness (QED) is 0.530. The molecular weight excluding hydrogens is 391 g/mol. The molecule has 1 aliphatic carbocycles. The number of nitrogens with one attached hydrogen (secondary N) is 1. The molecule has 1 spiro atoms. The van der Waals surface area contributed by atoms with Gasteiger partial charge in [-0.2, -0.15) is 13.2 Å². The SMILES string of the molecule is Cc1c(-c2ccccc2C(F)(F)F)ccc2[nH]c(C3=NOC4(CCCCC4)C3)nc12. The minimum Gasteiger partial charge on any atom is -0.388 e. The number of halogens is 3. The Hall–Kier alpha value is -2.83. The van der Waals surface area contributed by atoms with Gasteiger partial charge in [0.05, 0.1) is 16.6 Å². The lowest BCUT2D eigenvalue weighted by Crippen LogP contribution is -2.31. The van der Waals surface area contributed by atoms with E-state index in [1.54, 1.807) is 18.2 Å². The number of aromatic nitrogens is 2. The number of rotatable bonds is 2. The smallest absolute Gasteiger partial charge is 0.388 e. The van der Waals surface area contributed by atoms with Gasteiger partial charge >= 0.3 is 6.18 Å². The third kappa shape index (κ3) is 3.16. The van der Waals surface area contributed by atoms with Crippen LogP contribution in [0.1, 0.15) is 55.5 Å². The number of fused-ring (bicyclic) bond motifs is 1. The van der Waals surface area contributed by atoms with Gasteiger partial charge in [0.15, 0.2) is 5.82 Å². The standard InChI is InChI=1S/C23H22F3N3O/c1-14-15(16-7-3-4-8-17(16)23(24,25)26)9-10-18-20(14)28-21(27-18)19-13-22(30-29-19)11-5-2-6-12-22/h3-4,7-10H,2,5-6,11-13H2,1H3,(H,27,28). The van der Waals surface area contributed by atoms with Crippen LogP contribution in [-0.2, 0) is 11.0 Å². The molecule has 0 amide bonds. The second-order valence-electron chi connectivity index (χ2n) is 8.31. The predicted molar refractivity (Wildman–Crippen MR) is 109 cm³/mol. The maximum absolute atomic E-state index is 13.5. The fourth-order valence-corrected chi connectivity index (χ4v) is 4.72. The van der Waals surface area contributed by atoms with Crippen LogP contribution >= 0.6 is 0 Å². The van der Waals surface area contributed by atoms with Crippen molar-refractivity contribution in [2.24, 2.45) is 5.16 Å². The predicted octanol–water partition coefficient (Wildman–Crippen LogP) is 6.38. The number of hydrogen-bond acceptors (Lipinski definition) is 3. The number of hydrogen-bond donors (Lipinski definition) is 1. The largest absolute Gasteiger partial charge is 0.417 e. The van der Waals surface area contributed by atoms with Crippen LogP contribution in [-0.4, -0.2) is 21.3 Å². The second-order valence-corrected chi connectivity index (χ2v) is 8.31. The van der Waals surface area contributed by atoms with E-state index in [1.165, 1.54) is 18.6 Å². The topological polar surface area (TPSA) is 50.3 Å². The molecule has 4 nitrogen and oxygen atoms in total. The van der Waals surface area contributed by atoms with Crippen molar-refractivity contribution < 1.29 is 18.0 Å². The molecule has 2 aliphatic rings. The Bertz CT molecular complexity index is 1140. The molecule has 0 bridgehead atoms. The van der Waals surface area contributed by atoms with Crippen molar-refractivity contribution in [3.05, 3.63) is 53.3 Å². The number of nitrogens with zero attached hydrogens (tertiary/aromatic N) is 2. The summed E-state index contributed by atoms with van der Waals surface area (Å²) in [5.41, 5.74) is 2.77. The molecule has 2 aromatic carbocycles. The fraction of sp³-hybridized carbons (Fsp3) is 0.391. The van der Waals surface area contributed by atoms with Crippen LogP contribution in [0.3, 0.4) is 0 Å². The third-order valence-electron chi connectivity index (χ3n) is 6.31. The highest BCUT2D eigenvalue weighted by Crippen LogP contribution is 2.41. The van der Waals surface area contributed by atoms with Crippen LogP contribution in [0.25, 0.3) is 22.2 Å². The van der Waals surface area contributed by atoms with Crippen molar-refractivity contribution in [2.75, 3.05) is 0 Å². The minimum atomic E-state index is -4.42. The van der Waals surface area contributed by atoms with Gasteiger partial charge in [0, 0.05) is 6.42 Å². The van der Waals surface area contributed by atoms with E-state index in [4.69, 9.17) is 9.82 Å². The Kier molecular flexibility index (Phi) is 4.38. The molecule has 7 heteroatoms. The van der Waals surface area contributed by atoms with E-state index in [-0.39, 0.29) is 11.2 Å². The molecule has 0 atom stereocenters. The summed E-state index contributed by atoms with van der Waals surface area (Å²) in [6.07, 6.45) is 1.81. The number of aryl methyl sites for hydroxylation is 1. The molecular formula is C23H22F3N3O. The van der Waals surface area contributed by atoms with Crippen molar-refractivity contribution in [3.63, 3.8) is 0 Å². The summed E-state index contributed by atoms with van der Waals surface area (Å²) >= 11 is 0. The summed E-state index contributed by atoms with van der Waals surface area (Å²) < 4.78 is 40.5. The van der Waals surface area contributed by atoms with Gasteiger partial charge in [0.2, 0.25) is 0 Å². The lowest BCUT2D eigenvalue weighted by molar-refractivity contribution is -0.137. The summed E-state index contributed by atoms with van der Waals surface area (Å²) in [6.45, 7) is 1.81. The van der Waals surface area contributed by atoms with Crippen LogP contribution in [0.5, 0.6) is 0 Å². The average molecular weight is 413 g/mol. The second kappa shape index (κ2) is 6.86. The average Bonchev–Trinajstić information content (AvgIpc) is 3.33. The van der Waals surface area contributed by atoms with Gasteiger partial charge in [-0.25, -0.2) is 4.98 Å². The van der Waals surface area contributed by atoms with Crippen LogP contribution in [0.15, 0.2) is 41.6 Å². The van der Waals surface area contributed by atoms with Gasteiger partial charge in [-0.15, -0.1) is 0 Å². The summed E-state index contributed by atoms with van der Waals surface area (Å²) in [5, 5.41) is 4.31. The maximum Gasteiger partial charge on any atom is 0.417 e. The Morgan fingerprint density at radius 3 is 2.53 bits per heavy atom. The van der Waals surface area contributed by atoms with Gasteiger partial charge in [-0.05, 0) is 61.4 Å². The normalized spacial score (nSPS) is 18.6. The first-order valence-electron chi connectivity index (χ1n) is 10.3. The van der Waals surface area contributed by atoms with E-state index in [0.29, 0.717) is 22.5 Å². The molecule has 0 unspecified atom stereocenters. The summed E-state index contributed by atoms with van der Waals surface area (Å²) in [7, 11) is 0. The van der Waals surface area contributed by atoms with Crippen molar-refractivity contribution in [1.29, 1.82) is 0 Å². The minimum absolute atomic E-state index is 0.164. The molecule has 1 aliphatic heterocycles. The van der Waals surface area contributed by atoms with Crippen LogP contribution in [0.4, 0.5) is 13.2 Å². The van der Waals surface area contributed by atoms with E-state index < -0.39 is 11.7 Å². The molecule has 1 saturated carbocycles. The zero-order valence-electron chi connectivity index (χ0n) is 16.6. The first kappa shape index (κ1) is 19.2. The summed E-state index contributed by atoms with van der Waals surface area (Å²) in [5.74, 6) is 0.636. The molecule has 0 saturated heterocycles. The van der Waals surface area contributed by atoms with Crippen LogP contribution in [0.2, 0.25) is 0 Å².